The minimum absolute atomic E-state index is 0. The van der Waals surface area contributed by atoms with E-state index in [9.17, 15) is 9.90 Å². The van der Waals surface area contributed by atoms with Gasteiger partial charge in [0.25, 0.3) is 0 Å². The van der Waals surface area contributed by atoms with Gasteiger partial charge in [-0.15, -0.1) is 0 Å². The topological polar surface area (TPSA) is 43.4 Å². The third-order valence-electron chi connectivity index (χ3n) is 7.14. The second-order valence-corrected chi connectivity index (χ2v) is 10.4. The number of carboxylic acids is 1. The Labute approximate surface area is 257 Å². The molecular weight excluding hydrogens is 445 g/mol. The van der Waals surface area contributed by atoms with Gasteiger partial charge in [0.1, 0.15) is 0 Å². The van der Waals surface area contributed by atoms with Gasteiger partial charge in [0.15, 0.2) is 0 Å². The molecule has 0 spiro atoms. The summed E-state index contributed by atoms with van der Waals surface area (Å²) in [5, 5.41) is 11.3. The fraction of sp³-hybridized carbons (Fsp3) is 0.967. The summed E-state index contributed by atoms with van der Waals surface area (Å²) in [6, 6.07) is 0.164. The predicted molar refractivity (Wildman–Crippen MR) is 144 cm³/mol. The molecule has 0 amide bonds. The maximum atomic E-state index is 11.3. The number of nitrogens with zero attached hydrogens (tertiary/aromatic N) is 1. The van der Waals surface area contributed by atoms with Gasteiger partial charge in [0.05, 0.1) is 0 Å². The van der Waals surface area contributed by atoms with Gasteiger partial charge in [-0.05, 0) is 32.4 Å². The molecule has 0 rings (SSSR count). The molecule has 0 aliphatic rings. The Kier molecular flexibility index (Phi) is 33.2. The van der Waals surface area contributed by atoms with Gasteiger partial charge in [-0.1, -0.05) is 143 Å². The molecule has 0 fully saturated rings. The van der Waals surface area contributed by atoms with Crippen molar-refractivity contribution in [1.82, 2.24) is 4.90 Å². The Hall–Kier alpha value is 1.07. The van der Waals surface area contributed by atoms with Crippen molar-refractivity contribution >= 4 is 5.97 Å². The summed E-state index contributed by atoms with van der Waals surface area (Å²) >= 11 is 0. The maximum Gasteiger partial charge on any atom is 1.00 e. The van der Waals surface area contributed by atoms with Crippen LogP contribution in [0.1, 0.15) is 168 Å². The van der Waals surface area contributed by atoms with Crippen LogP contribution < -0.4 is 56.5 Å². The van der Waals surface area contributed by atoms with E-state index in [1.165, 1.54) is 128 Å². The largest absolute Gasteiger partial charge is 1.00 e. The third kappa shape index (κ3) is 26.1. The third-order valence-corrected chi connectivity index (χ3v) is 7.14. The molecule has 0 aromatic carbocycles. The minimum Gasteiger partial charge on any atom is -0.550 e. The smallest absolute Gasteiger partial charge is 0.550 e. The maximum absolute atomic E-state index is 11.3. The second kappa shape index (κ2) is 30.3. The molecule has 198 valence electrons. The summed E-state index contributed by atoms with van der Waals surface area (Å²) in [4.78, 5) is 13.8. The molecule has 1 unspecified atom stereocenters. The number of aliphatic carboxylic acids is 1. The zero-order valence-corrected chi connectivity index (χ0v) is 27.1. The average Bonchev–Trinajstić information content (AvgIpc) is 2.79. The van der Waals surface area contributed by atoms with Crippen molar-refractivity contribution < 1.29 is 61.3 Å². The van der Waals surface area contributed by atoms with Gasteiger partial charge >= 0.3 is 51.4 Å². The Morgan fingerprint density at radius 3 is 1.18 bits per heavy atom. The van der Waals surface area contributed by atoms with Crippen LogP contribution in [0.5, 0.6) is 0 Å². The summed E-state index contributed by atoms with van der Waals surface area (Å²) in [5.74, 6) is -0.885. The van der Waals surface area contributed by atoms with Crippen molar-refractivity contribution in [1.29, 1.82) is 0 Å². The quantitative estimate of drug-likeness (QED) is 0.110. The Morgan fingerprint density at radius 1 is 0.559 bits per heavy atom. The molecule has 1 atom stereocenters. The van der Waals surface area contributed by atoms with Gasteiger partial charge in [-0.3, -0.25) is 0 Å². The Morgan fingerprint density at radius 2 is 0.882 bits per heavy atom. The van der Waals surface area contributed by atoms with Crippen LogP contribution in [0.3, 0.4) is 0 Å². The molecule has 0 aromatic heterocycles. The standard InChI is InChI=1S/C30H61NO2.K/c1-4-7-9-11-13-15-17-19-21-23-26-31(29(25-6-3)28-30(32)33)27-24-22-20-18-16-14-12-10-8-5-2;/h29H,4-28H2,1-3H3,(H,32,33);/q;+1/p-1. The molecule has 0 saturated heterocycles. The number of hydrogen-bond acceptors (Lipinski definition) is 3. The molecule has 0 radical (unpaired) electrons. The van der Waals surface area contributed by atoms with Crippen LogP contribution in [0.25, 0.3) is 0 Å². The van der Waals surface area contributed by atoms with Gasteiger partial charge in [0, 0.05) is 18.4 Å². The molecular formula is C30H60KNO2. The van der Waals surface area contributed by atoms with E-state index in [-0.39, 0.29) is 63.8 Å². The fourth-order valence-corrected chi connectivity index (χ4v) is 5.02. The van der Waals surface area contributed by atoms with Crippen molar-refractivity contribution in [2.75, 3.05) is 13.1 Å². The van der Waals surface area contributed by atoms with Crippen LogP contribution in [-0.2, 0) is 4.79 Å². The summed E-state index contributed by atoms with van der Waals surface area (Å²) in [6.07, 6.45) is 29.2. The first-order chi connectivity index (χ1) is 16.2. The summed E-state index contributed by atoms with van der Waals surface area (Å²) < 4.78 is 0. The normalized spacial score (nSPS) is 12.1. The van der Waals surface area contributed by atoms with Crippen LogP contribution in [-0.4, -0.2) is 30.0 Å². The molecule has 0 saturated carbocycles. The van der Waals surface area contributed by atoms with E-state index in [4.69, 9.17) is 0 Å². The number of carbonyl (C=O) groups excluding carboxylic acids is 1. The number of rotatable bonds is 27. The fourth-order valence-electron chi connectivity index (χ4n) is 5.02. The Bertz CT molecular complexity index is 381. The van der Waals surface area contributed by atoms with Crippen molar-refractivity contribution in [2.24, 2.45) is 0 Å². The molecule has 0 N–H and O–H groups in total. The number of carboxylic acid groups (broad SMARTS) is 1. The van der Waals surface area contributed by atoms with E-state index in [1.54, 1.807) is 0 Å². The molecule has 3 nitrogen and oxygen atoms in total. The Balaban J connectivity index is 0. The first-order valence-corrected chi connectivity index (χ1v) is 15.1. The van der Waals surface area contributed by atoms with Crippen molar-refractivity contribution in [3.05, 3.63) is 0 Å². The molecule has 0 aliphatic carbocycles. The van der Waals surface area contributed by atoms with Crippen LogP contribution >= 0.6 is 0 Å². The van der Waals surface area contributed by atoms with Crippen LogP contribution in [0.2, 0.25) is 0 Å². The summed E-state index contributed by atoms with van der Waals surface area (Å²) in [5.41, 5.74) is 0. The first kappa shape index (κ1) is 37.2. The van der Waals surface area contributed by atoms with E-state index >= 15 is 0 Å². The summed E-state index contributed by atoms with van der Waals surface area (Å²) in [7, 11) is 0. The molecule has 0 heterocycles. The van der Waals surface area contributed by atoms with E-state index in [0.29, 0.717) is 0 Å². The van der Waals surface area contributed by atoms with Crippen molar-refractivity contribution in [3.63, 3.8) is 0 Å². The zero-order valence-electron chi connectivity index (χ0n) is 24.0. The predicted octanol–water partition coefficient (Wildman–Crippen LogP) is 5.44. The first-order valence-electron chi connectivity index (χ1n) is 15.1. The van der Waals surface area contributed by atoms with Gasteiger partial charge in [-0.25, -0.2) is 0 Å². The van der Waals surface area contributed by atoms with Crippen molar-refractivity contribution in [3.8, 4) is 0 Å². The van der Waals surface area contributed by atoms with Gasteiger partial charge in [0.2, 0.25) is 0 Å². The minimum atomic E-state index is -0.885. The SMILES string of the molecule is CCCCCCCCCCCCN(CCCCCCCCCCCC)C(CCC)CC(=O)[O-].[K+]. The summed E-state index contributed by atoms with van der Waals surface area (Å²) in [6.45, 7) is 8.84. The molecule has 0 aromatic rings. The number of hydrogen-bond donors (Lipinski definition) is 0. The molecule has 0 aliphatic heterocycles. The monoisotopic (exact) mass is 505 g/mol. The van der Waals surface area contributed by atoms with Crippen LogP contribution in [0.4, 0.5) is 0 Å². The molecule has 34 heavy (non-hydrogen) atoms. The zero-order chi connectivity index (χ0) is 24.4. The van der Waals surface area contributed by atoms with E-state index in [2.05, 4.69) is 25.7 Å². The van der Waals surface area contributed by atoms with E-state index < -0.39 is 5.97 Å². The second-order valence-electron chi connectivity index (χ2n) is 10.4. The number of carbonyl (C=O) groups is 1. The number of unbranched alkanes of at least 4 members (excludes halogenated alkanes) is 18. The van der Waals surface area contributed by atoms with Crippen LogP contribution in [0, 0.1) is 0 Å². The van der Waals surface area contributed by atoms with Crippen LogP contribution in [0.15, 0.2) is 0 Å². The average molecular weight is 506 g/mol. The van der Waals surface area contributed by atoms with Gasteiger partial charge < -0.3 is 14.8 Å². The van der Waals surface area contributed by atoms with Crippen molar-refractivity contribution in [2.45, 2.75) is 174 Å². The molecule has 4 heteroatoms. The molecule has 0 bridgehead atoms. The van der Waals surface area contributed by atoms with E-state index in [0.717, 1.165) is 25.9 Å². The van der Waals surface area contributed by atoms with E-state index in [1.807, 2.05) is 0 Å². The van der Waals surface area contributed by atoms with Gasteiger partial charge in [-0.2, -0.15) is 0 Å².